The molecule has 2 aromatic carbocycles. The van der Waals surface area contributed by atoms with Gasteiger partial charge in [-0.05, 0) is 30.7 Å². The Morgan fingerprint density at radius 3 is 2.67 bits per heavy atom. The smallest absolute Gasteiger partial charge is 0.285 e. The van der Waals surface area contributed by atoms with Gasteiger partial charge in [-0.15, -0.1) is 10.2 Å². The van der Waals surface area contributed by atoms with E-state index >= 15 is 0 Å². The first kappa shape index (κ1) is 16.7. The Morgan fingerprint density at radius 2 is 1.80 bits per heavy atom. The lowest BCUT2D eigenvalue weighted by Crippen LogP contribution is -2.20. The molecule has 0 N–H and O–H groups in total. The number of pyridine rings is 1. The van der Waals surface area contributed by atoms with E-state index in [0.29, 0.717) is 28.4 Å². The van der Waals surface area contributed by atoms with E-state index in [1.54, 1.807) is 28.9 Å². The Kier molecular flexibility index (Phi) is 3.43. The van der Waals surface area contributed by atoms with Gasteiger partial charge in [-0.2, -0.15) is 5.10 Å². The number of fused-ring (bicyclic) bond motifs is 4. The van der Waals surface area contributed by atoms with Crippen molar-refractivity contribution in [2.24, 2.45) is 0 Å². The second-order valence-corrected chi connectivity index (χ2v) is 7.02. The maximum atomic E-state index is 13.2. The Morgan fingerprint density at radius 1 is 0.967 bits per heavy atom. The molecule has 8 nitrogen and oxygen atoms in total. The van der Waals surface area contributed by atoms with E-state index in [2.05, 4.69) is 15.3 Å². The van der Waals surface area contributed by atoms with Crippen LogP contribution in [-0.4, -0.2) is 31.2 Å². The summed E-state index contributed by atoms with van der Waals surface area (Å²) in [4.78, 5) is 13.2. The molecule has 30 heavy (non-hydrogen) atoms. The van der Waals surface area contributed by atoms with Crippen LogP contribution in [0.5, 0.6) is 11.5 Å². The van der Waals surface area contributed by atoms with Crippen molar-refractivity contribution in [1.29, 1.82) is 0 Å². The van der Waals surface area contributed by atoms with Crippen molar-refractivity contribution in [3.8, 4) is 28.3 Å². The molecule has 0 unspecified atom stereocenters. The lowest BCUT2D eigenvalue weighted by Gasteiger charge is -2.08. The van der Waals surface area contributed by atoms with Crippen LogP contribution in [0.25, 0.3) is 33.5 Å². The van der Waals surface area contributed by atoms with E-state index in [4.69, 9.17) is 9.47 Å². The molecule has 0 fully saturated rings. The minimum atomic E-state index is -0.282. The highest BCUT2D eigenvalue weighted by Gasteiger charge is 2.19. The van der Waals surface area contributed by atoms with E-state index in [9.17, 15) is 4.79 Å². The van der Waals surface area contributed by atoms with Crippen LogP contribution in [0.2, 0.25) is 0 Å². The predicted molar refractivity (Wildman–Crippen MR) is 110 cm³/mol. The summed E-state index contributed by atoms with van der Waals surface area (Å²) < 4.78 is 14.0. The monoisotopic (exact) mass is 397 g/mol. The highest BCUT2D eigenvalue weighted by Crippen LogP contribution is 2.33. The predicted octanol–water partition coefficient (Wildman–Crippen LogP) is 3.13. The largest absolute Gasteiger partial charge is 0.454 e. The molecular weight excluding hydrogens is 382 g/mol. The molecule has 0 spiro atoms. The highest BCUT2D eigenvalue weighted by atomic mass is 16.7. The molecule has 3 aromatic heterocycles. The van der Waals surface area contributed by atoms with Crippen molar-refractivity contribution < 1.29 is 9.47 Å². The van der Waals surface area contributed by atoms with Crippen LogP contribution in [0.3, 0.4) is 0 Å². The number of aryl methyl sites for hydroxylation is 1. The van der Waals surface area contributed by atoms with Crippen molar-refractivity contribution in [2.75, 3.05) is 6.79 Å². The third-order valence-corrected chi connectivity index (χ3v) is 5.25. The minimum Gasteiger partial charge on any atom is -0.454 e. The second kappa shape index (κ2) is 6.15. The van der Waals surface area contributed by atoms with Gasteiger partial charge >= 0.3 is 0 Å². The maximum Gasteiger partial charge on any atom is 0.285 e. The van der Waals surface area contributed by atoms with E-state index in [1.165, 1.54) is 4.57 Å². The van der Waals surface area contributed by atoms with Gasteiger partial charge in [-0.25, -0.2) is 4.52 Å². The molecule has 1 aliphatic heterocycles. The van der Waals surface area contributed by atoms with Gasteiger partial charge in [-0.3, -0.25) is 9.36 Å². The van der Waals surface area contributed by atoms with Gasteiger partial charge in [0.1, 0.15) is 5.52 Å². The first-order chi connectivity index (χ1) is 14.7. The lowest BCUT2D eigenvalue weighted by molar-refractivity contribution is 0.174. The van der Waals surface area contributed by atoms with Crippen LogP contribution in [-0.2, 0) is 0 Å². The number of hydrogen-bond acceptors (Lipinski definition) is 6. The van der Waals surface area contributed by atoms with Gasteiger partial charge in [0.05, 0.1) is 16.9 Å². The number of aromatic nitrogens is 5. The van der Waals surface area contributed by atoms with Crippen LogP contribution >= 0.6 is 0 Å². The Bertz CT molecular complexity index is 1500. The summed E-state index contributed by atoms with van der Waals surface area (Å²) in [5, 5.41) is 13.3. The van der Waals surface area contributed by atoms with Gasteiger partial charge < -0.3 is 9.47 Å². The van der Waals surface area contributed by atoms with Gasteiger partial charge in [0.15, 0.2) is 22.7 Å². The van der Waals surface area contributed by atoms with Gasteiger partial charge in [-0.1, -0.05) is 30.3 Å². The molecule has 6 rings (SSSR count). The first-order valence-electron chi connectivity index (χ1n) is 9.43. The molecule has 0 atom stereocenters. The summed E-state index contributed by atoms with van der Waals surface area (Å²) in [6.45, 7) is 2.11. The SMILES string of the molecule is Cc1nn2c(nnc3c(=O)n(-c4ccc5c(c4)OCO5)ccc32)c1-c1ccccc1. The van der Waals surface area contributed by atoms with Crippen molar-refractivity contribution >= 4 is 16.7 Å². The molecule has 0 saturated carbocycles. The van der Waals surface area contributed by atoms with Gasteiger partial charge in [0.25, 0.3) is 5.56 Å². The Balaban J connectivity index is 1.57. The van der Waals surface area contributed by atoms with Crippen LogP contribution in [0.1, 0.15) is 5.69 Å². The summed E-state index contributed by atoms with van der Waals surface area (Å²) in [7, 11) is 0. The third kappa shape index (κ3) is 2.33. The average molecular weight is 397 g/mol. The van der Waals surface area contributed by atoms with Crippen LogP contribution in [0.15, 0.2) is 65.6 Å². The molecule has 146 valence electrons. The summed E-state index contributed by atoms with van der Waals surface area (Å²) in [6, 6.07) is 17.1. The molecule has 4 heterocycles. The molecule has 0 radical (unpaired) electrons. The van der Waals surface area contributed by atoms with Crippen LogP contribution in [0, 0.1) is 6.92 Å². The topological polar surface area (TPSA) is 83.5 Å². The zero-order valence-corrected chi connectivity index (χ0v) is 15.9. The average Bonchev–Trinajstić information content (AvgIpc) is 3.37. The van der Waals surface area contributed by atoms with Crippen molar-refractivity contribution in [2.45, 2.75) is 6.92 Å². The van der Waals surface area contributed by atoms with E-state index in [1.807, 2.05) is 43.3 Å². The number of nitrogens with zero attached hydrogens (tertiary/aromatic N) is 5. The van der Waals surface area contributed by atoms with Crippen molar-refractivity contribution in [3.63, 3.8) is 0 Å². The zero-order valence-electron chi connectivity index (χ0n) is 15.9. The third-order valence-electron chi connectivity index (χ3n) is 5.25. The first-order valence-corrected chi connectivity index (χ1v) is 9.43. The zero-order chi connectivity index (χ0) is 20.2. The van der Waals surface area contributed by atoms with Crippen LogP contribution < -0.4 is 15.0 Å². The minimum absolute atomic E-state index is 0.178. The molecule has 0 saturated heterocycles. The van der Waals surface area contributed by atoms with Gasteiger partial charge in [0.2, 0.25) is 6.79 Å². The fraction of sp³-hybridized carbons (Fsp3) is 0.0909. The number of benzene rings is 2. The highest BCUT2D eigenvalue weighted by molar-refractivity contribution is 5.84. The van der Waals surface area contributed by atoms with Gasteiger partial charge in [0, 0.05) is 12.3 Å². The van der Waals surface area contributed by atoms with E-state index < -0.39 is 0 Å². The summed E-state index contributed by atoms with van der Waals surface area (Å²) in [5.74, 6) is 1.27. The number of rotatable bonds is 2. The second-order valence-electron chi connectivity index (χ2n) is 7.02. The standard InChI is InChI=1S/C22H15N5O3/c1-13-19(14-5-3-2-4-6-14)21-24-23-20-16(27(21)25-13)9-10-26(22(20)28)15-7-8-17-18(11-15)30-12-29-17/h2-11H,12H2,1H3. The Labute approximate surface area is 169 Å². The Hall–Kier alpha value is -4.20. The normalized spacial score (nSPS) is 12.7. The van der Waals surface area contributed by atoms with E-state index in [-0.39, 0.29) is 17.9 Å². The summed E-state index contributed by atoms with van der Waals surface area (Å²) in [5.41, 5.74) is 4.58. The quantitative estimate of drug-likeness (QED) is 0.455. The number of ether oxygens (including phenoxy) is 2. The molecular formula is C22H15N5O3. The molecule has 1 aliphatic rings. The molecule has 0 amide bonds. The van der Waals surface area contributed by atoms with Crippen LogP contribution in [0.4, 0.5) is 0 Å². The van der Waals surface area contributed by atoms with E-state index in [0.717, 1.165) is 16.8 Å². The lowest BCUT2D eigenvalue weighted by atomic mass is 10.1. The van der Waals surface area contributed by atoms with Crippen molar-refractivity contribution in [1.82, 2.24) is 24.4 Å². The molecule has 5 aromatic rings. The van der Waals surface area contributed by atoms with Crippen molar-refractivity contribution in [3.05, 3.63) is 76.8 Å². The molecule has 0 aliphatic carbocycles. The maximum absolute atomic E-state index is 13.2. The number of hydrogen-bond donors (Lipinski definition) is 0. The fourth-order valence-corrected chi connectivity index (χ4v) is 3.83. The molecule has 0 bridgehead atoms. The fourth-order valence-electron chi connectivity index (χ4n) is 3.83. The summed E-state index contributed by atoms with van der Waals surface area (Å²) in [6.07, 6.45) is 1.71. The molecule has 8 heteroatoms. The summed E-state index contributed by atoms with van der Waals surface area (Å²) >= 11 is 0.